The van der Waals surface area contributed by atoms with Crippen molar-refractivity contribution in [3.63, 3.8) is 0 Å². The third kappa shape index (κ3) is 15.3. The molecule has 11 heteroatoms. The molecule has 0 radical (unpaired) electrons. The van der Waals surface area contributed by atoms with Crippen LogP contribution in [0.15, 0.2) is 24.3 Å². The summed E-state index contributed by atoms with van der Waals surface area (Å²) in [6.07, 6.45) is 6.50. The molecule has 0 saturated heterocycles. The van der Waals surface area contributed by atoms with E-state index in [4.69, 9.17) is 22.9 Å². The molecule has 0 aromatic carbocycles. The normalized spacial score (nSPS) is 14.2. The molecule has 35 heavy (non-hydrogen) atoms. The van der Waals surface area contributed by atoms with E-state index >= 15 is 0 Å². The number of allylic oxidation sites excluding steroid dienone is 3. The van der Waals surface area contributed by atoms with Crippen LogP contribution in [-0.4, -0.2) is 86.6 Å². The largest absolute Gasteiger partial charge is 0.353 e. The van der Waals surface area contributed by atoms with Gasteiger partial charge in [-0.3, -0.25) is 19.3 Å². The predicted octanol–water partition coefficient (Wildman–Crippen LogP) is -1.32. The minimum absolute atomic E-state index is 0.287. The number of amides is 3. The first-order valence-electron chi connectivity index (χ1n) is 12.4. The molecular formula is C24H48N8O3. The van der Waals surface area contributed by atoms with Crippen LogP contribution in [0.4, 0.5) is 0 Å². The van der Waals surface area contributed by atoms with Gasteiger partial charge in [0.1, 0.15) is 12.1 Å². The molecule has 0 aliphatic rings. The lowest BCUT2D eigenvalue weighted by Gasteiger charge is -2.25. The Kier molecular flexibility index (Phi) is 18.6. The van der Waals surface area contributed by atoms with Crippen molar-refractivity contribution in [2.24, 2.45) is 22.9 Å². The summed E-state index contributed by atoms with van der Waals surface area (Å²) in [5.74, 6) is -1.16. The first kappa shape index (κ1) is 32.7. The molecule has 0 heterocycles. The molecule has 11 N–H and O–H groups in total. The second-order valence-corrected chi connectivity index (χ2v) is 8.67. The highest BCUT2D eigenvalue weighted by Gasteiger charge is 2.26. The van der Waals surface area contributed by atoms with Crippen molar-refractivity contribution >= 4 is 17.7 Å². The predicted molar refractivity (Wildman–Crippen MR) is 141 cm³/mol. The number of nitrogens with zero attached hydrogens (tertiary/aromatic N) is 1. The topological polar surface area (TPSA) is 195 Å². The van der Waals surface area contributed by atoms with E-state index in [1.807, 2.05) is 19.1 Å². The Labute approximate surface area is 210 Å². The molecule has 11 nitrogen and oxygen atoms in total. The molecule has 202 valence electrons. The van der Waals surface area contributed by atoms with Gasteiger partial charge in [-0.25, -0.2) is 0 Å². The zero-order valence-electron chi connectivity index (χ0n) is 21.6. The van der Waals surface area contributed by atoms with E-state index in [2.05, 4.69) is 27.4 Å². The van der Waals surface area contributed by atoms with Crippen LogP contribution in [0.2, 0.25) is 0 Å². The smallest absolute Gasteiger partial charge is 0.243 e. The third-order valence-electron chi connectivity index (χ3n) is 5.41. The summed E-state index contributed by atoms with van der Waals surface area (Å²) in [5, 5.41) is 8.37. The lowest BCUT2D eigenvalue weighted by molar-refractivity contribution is -0.132. The minimum Gasteiger partial charge on any atom is -0.353 e. The van der Waals surface area contributed by atoms with E-state index in [1.165, 1.54) is 0 Å². The molecule has 0 aromatic rings. The fourth-order valence-corrected chi connectivity index (χ4v) is 3.40. The maximum Gasteiger partial charge on any atom is 0.243 e. The van der Waals surface area contributed by atoms with Gasteiger partial charge in [-0.05, 0) is 52.5 Å². The Bertz CT molecular complexity index is 663. The molecule has 0 aliphatic heterocycles. The average molecular weight is 497 g/mol. The number of rotatable bonds is 20. The summed E-state index contributed by atoms with van der Waals surface area (Å²) >= 11 is 0. The van der Waals surface area contributed by atoms with Crippen LogP contribution in [0.5, 0.6) is 0 Å². The standard InChI is InChI=1S/C24H48N8O3/c1-4-7-18(2)8-5-9-20(23(34)29-14-17-32(15-12-26)16-13-27)31-24(35)21(10-6-11-25)30-22(33)19(3)28/h4,8,19-21H,1,5-7,9-17,25-28H2,2-3H3,(H,29,34)(H,30,33)(H,31,35)/b18-8+/t19?,20?,21-/m0/s1. The summed E-state index contributed by atoms with van der Waals surface area (Å²) in [4.78, 5) is 40.2. The van der Waals surface area contributed by atoms with Crippen LogP contribution in [0.3, 0.4) is 0 Å². The number of nitrogens with two attached hydrogens (primary N) is 4. The summed E-state index contributed by atoms with van der Waals surface area (Å²) in [6, 6.07) is -2.35. The van der Waals surface area contributed by atoms with Gasteiger partial charge in [0, 0.05) is 39.3 Å². The van der Waals surface area contributed by atoms with Crippen LogP contribution in [-0.2, 0) is 14.4 Å². The van der Waals surface area contributed by atoms with E-state index in [0.717, 1.165) is 12.0 Å². The summed E-state index contributed by atoms with van der Waals surface area (Å²) in [7, 11) is 0. The van der Waals surface area contributed by atoms with Crippen molar-refractivity contribution < 1.29 is 14.4 Å². The van der Waals surface area contributed by atoms with Crippen molar-refractivity contribution in [3.05, 3.63) is 24.3 Å². The number of hydrogen-bond acceptors (Lipinski definition) is 8. The Morgan fingerprint density at radius 3 is 2.06 bits per heavy atom. The molecule has 0 saturated carbocycles. The van der Waals surface area contributed by atoms with Gasteiger partial charge in [-0.1, -0.05) is 17.7 Å². The molecule has 3 atom stereocenters. The molecule has 0 rings (SSSR count). The molecule has 2 unspecified atom stereocenters. The highest BCUT2D eigenvalue weighted by atomic mass is 16.2. The first-order chi connectivity index (χ1) is 16.7. The van der Waals surface area contributed by atoms with E-state index in [-0.39, 0.29) is 5.91 Å². The zero-order valence-corrected chi connectivity index (χ0v) is 21.6. The highest BCUT2D eigenvalue weighted by molar-refractivity contribution is 5.92. The summed E-state index contributed by atoms with van der Waals surface area (Å²) < 4.78 is 0. The maximum atomic E-state index is 13.0. The van der Waals surface area contributed by atoms with E-state index in [0.29, 0.717) is 71.5 Å². The number of carbonyl (C=O) groups excluding carboxylic acids is 3. The molecule has 0 fully saturated rings. The number of hydrogen-bond donors (Lipinski definition) is 7. The van der Waals surface area contributed by atoms with Crippen molar-refractivity contribution in [3.8, 4) is 0 Å². The quantitative estimate of drug-likeness (QED) is 0.101. The summed E-state index contributed by atoms with van der Waals surface area (Å²) in [5.41, 5.74) is 23.6. The van der Waals surface area contributed by atoms with Gasteiger partial charge < -0.3 is 38.9 Å². The molecule has 0 aromatic heterocycles. The van der Waals surface area contributed by atoms with Gasteiger partial charge in [0.25, 0.3) is 0 Å². The van der Waals surface area contributed by atoms with Crippen LogP contribution in [0.1, 0.15) is 46.0 Å². The molecule has 3 amide bonds. The number of nitrogens with one attached hydrogen (secondary N) is 3. The highest BCUT2D eigenvalue weighted by Crippen LogP contribution is 2.07. The Balaban J connectivity index is 5.32. The van der Waals surface area contributed by atoms with E-state index in [1.54, 1.807) is 6.92 Å². The molecule has 0 aliphatic carbocycles. The second-order valence-electron chi connectivity index (χ2n) is 8.67. The fourth-order valence-electron chi connectivity index (χ4n) is 3.40. The lowest BCUT2D eigenvalue weighted by atomic mass is 10.1. The maximum absolute atomic E-state index is 13.0. The van der Waals surface area contributed by atoms with Crippen LogP contribution < -0.4 is 38.9 Å². The SMILES string of the molecule is C=CC/C(C)=C/CCC(NC(=O)[C@H](CCCN)NC(=O)C(C)N)C(=O)NCCN(CCN)CCN. The molecule has 0 spiro atoms. The zero-order chi connectivity index (χ0) is 26.6. The number of carbonyl (C=O) groups is 3. The van der Waals surface area contributed by atoms with E-state index < -0.39 is 29.9 Å². The second kappa shape index (κ2) is 19.9. The minimum atomic E-state index is -0.824. The van der Waals surface area contributed by atoms with Crippen LogP contribution in [0.25, 0.3) is 0 Å². The summed E-state index contributed by atoms with van der Waals surface area (Å²) in [6.45, 7) is 11.0. The fraction of sp³-hybridized carbons (Fsp3) is 0.708. The van der Waals surface area contributed by atoms with Crippen LogP contribution >= 0.6 is 0 Å². The van der Waals surface area contributed by atoms with Gasteiger partial charge in [-0.2, -0.15) is 0 Å². The monoisotopic (exact) mass is 496 g/mol. The van der Waals surface area contributed by atoms with Gasteiger partial charge in [0.2, 0.25) is 17.7 Å². The third-order valence-corrected chi connectivity index (χ3v) is 5.41. The molecular weight excluding hydrogens is 448 g/mol. The molecule has 0 bridgehead atoms. The van der Waals surface area contributed by atoms with Gasteiger partial charge >= 0.3 is 0 Å². The Hall–Kier alpha value is -2.31. The van der Waals surface area contributed by atoms with Gasteiger partial charge in [0.05, 0.1) is 6.04 Å². The van der Waals surface area contributed by atoms with Crippen molar-refractivity contribution in [1.82, 2.24) is 20.9 Å². The van der Waals surface area contributed by atoms with Crippen molar-refractivity contribution in [2.45, 2.75) is 64.1 Å². The Morgan fingerprint density at radius 1 is 0.914 bits per heavy atom. The van der Waals surface area contributed by atoms with Crippen molar-refractivity contribution in [2.75, 3.05) is 45.8 Å². The van der Waals surface area contributed by atoms with Gasteiger partial charge in [0.15, 0.2) is 0 Å². The van der Waals surface area contributed by atoms with Crippen molar-refractivity contribution in [1.29, 1.82) is 0 Å². The van der Waals surface area contributed by atoms with E-state index in [9.17, 15) is 14.4 Å². The Morgan fingerprint density at radius 2 is 1.51 bits per heavy atom. The lowest BCUT2D eigenvalue weighted by Crippen LogP contribution is -2.55. The first-order valence-corrected chi connectivity index (χ1v) is 12.4. The van der Waals surface area contributed by atoms with Gasteiger partial charge in [-0.15, -0.1) is 6.58 Å². The average Bonchev–Trinajstić information content (AvgIpc) is 2.81. The van der Waals surface area contributed by atoms with Crippen LogP contribution in [0, 0.1) is 0 Å².